The van der Waals surface area contributed by atoms with Crippen LogP contribution in [-0.2, 0) is 0 Å². The first-order chi connectivity index (χ1) is 4.35. The summed E-state index contributed by atoms with van der Waals surface area (Å²) in [5.74, 6) is 0. The predicted octanol–water partition coefficient (Wildman–Crippen LogP) is 1.43. The van der Waals surface area contributed by atoms with Crippen LogP contribution < -0.4 is 0 Å². The lowest BCUT2D eigenvalue weighted by atomic mass is 10.2. The van der Waals surface area contributed by atoms with Crippen LogP contribution in [0.2, 0.25) is 0 Å². The minimum Gasteiger partial charge on any atom is -0.392 e. The molecule has 0 amide bonds. The van der Waals surface area contributed by atoms with Crippen LogP contribution in [0.5, 0.6) is 0 Å². The van der Waals surface area contributed by atoms with E-state index in [1.54, 1.807) is 18.2 Å². The predicted molar refractivity (Wildman–Crippen MR) is 39.1 cm³/mol. The van der Waals surface area contributed by atoms with E-state index in [0.29, 0.717) is 0 Å². The molecule has 48 valence electrons. The van der Waals surface area contributed by atoms with E-state index in [1.807, 2.05) is 0 Å². The monoisotopic (exact) mass is 122 g/mol. The van der Waals surface area contributed by atoms with Crippen LogP contribution in [0.15, 0.2) is 42.7 Å². The summed E-state index contributed by atoms with van der Waals surface area (Å²) >= 11 is 0. The van der Waals surface area contributed by atoms with Gasteiger partial charge >= 0.3 is 0 Å². The third-order valence-electron chi connectivity index (χ3n) is 0.860. The molecule has 0 heterocycles. The van der Waals surface area contributed by atoms with Gasteiger partial charge in [0.2, 0.25) is 0 Å². The van der Waals surface area contributed by atoms with Crippen molar-refractivity contribution in [3.63, 3.8) is 0 Å². The van der Waals surface area contributed by atoms with Crippen molar-refractivity contribution in [3.05, 3.63) is 42.7 Å². The highest BCUT2D eigenvalue weighted by Gasteiger charge is 1.81. The van der Waals surface area contributed by atoms with Gasteiger partial charge in [-0.1, -0.05) is 19.2 Å². The number of hydrogen-bond donors (Lipinski definition) is 1. The highest BCUT2D eigenvalue weighted by molar-refractivity contribution is 5.21. The second-order valence-electron chi connectivity index (χ2n) is 1.47. The molecule has 9 heavy (non-hydrogen) atoms. The zero-order chi connectivity index (χ0) is 7.11. The Morgan fingerprint density at radius 3 is 2.67 bits per heavy atom. The van der Waals surface area contributed by atoms with Crippen molar-refractivity contribution < 1.29 is 5.11 Å². The molecule has 0 bridgehead atoms. The van der Waals surface area contributed by atoms with Crippen LogP contribution in [0.1, 0.15) is 0 Å². The Balaban J connectivity index is 4.06. The summed E-state index contributed by atoms with van der Waals surface area (Å²) in [6.45, 7) is 6.86. The number of aliphatic hydroxyl groups is 1. The van der Waals surface area contributed by atoms with E-state index in [4.69, 9.17) is 5.11 Å². The molecule has 0 aliphatic carbocycles. The molecule has 0 aliphatic heterocycles. The van der Waals surface area contributed by atoms with Gasteiger partial charge in [-0.25, -0.2) is 0 Å². The van der Waals surface area contributed by atoms with Crippen molar-refractivity contribution in [1.82, 2.24) is 0 Å². The molecule has 0 saturated heterocycles. The van der Waals surface area contributed by atoms with Gasteiger partial charge in [0.05, 0.1) is 6.61 Å². The minimum atomic E-state index is 0.0156. The van der Waals surface area contributed by atoms with Gasteiger partial charge in [0, 0.05) is 0 Å². The second kappa shape index (κ2) is 5.10. The molecule has 1 nitrogen and oxygen atoms in total. The molecule has 0 spiro atoms. The Morgan fingerprint density at radius 2 is 2.33 bits per heavy atom. The zero-order valence-corrected chi connectivity index (χ0v) is 5.30. The highest BCUT2D eigenvalue weighted by atomic mass is 16.3. The van der Waals surface area contributed by atoms with Crippen LogP contribution in [0, 0.1) is 0 Å². The molecule has 0 aromatic rings. The van der Waals surface area contributed by atoms with Crippen LogP contribution in [0.25, 0.3) is 0 Å². The van der Waals surface area contributed by atoms with E-state index >= 15 is 0 Å². The molecule has 0 unspecified atom stereocenters. The van der Waals surface area contributed by atoms with E-state index in [1.165, 1.54) is 0 Å². The lowest BCUT2D eigenvalue weighted by molar-refractivity contribution is 0.335. The quantitative estimate of drug-likeness (QED) is 0.443. The van der Waals surface area contributed by atoms with Crippen molar-refractivity contribution in [3.8, 4) is 0 Å². The van der Waals surface area contributed by atoms with E-state index < -0.39 is 0 Å². The second-order valence-corrected chi connectivity index (χ2v) is 1.47. The molecular formula is C8H10O. The maximum Gasteiger partial charge on any atom is 0.0681 e. The third-order valence-corrected chi connectivity index (χ3v) is 0.860. The molecule has 0 rings (SSSR count). The minimum absolute atomic E-state index is 0.0156. The van der Waals surface area contributed by atoms with E-state index in [-0.39, 0.29) is 6.61 Å². The number of rotatable bonds is 3. The van der Waals surface area contributed by atoms with E-state index in [9.17, 15) is 0 Å². The van der Waals surface area contributed by atoms with E-state index in [2.05, 4.69) is 18.9 Å². The fourth-order valence-corrected chi connectivity index (χ4v) is 0.351. The average molecular weight is 122 g/mol. The Hall–Kier alpha value is -1.04. The van der Waals surface area contributed by atoms with E-state index in [0.717, 1.165) is 5.57 Å². The molecule has 1 heteroatoms. The Bertz CT molecular complexity index is 159. The molecular weight excluding hydrogens is 112 g/mol. The SMILES string of the molecule is C=C=C/C=C(\C=C)CO. The standard InChI is InChI=1S/C8H10O/c1-3-5-6-8(4-2)7-9/h4-6,9H,1-2,7H2/b8-6+. The highest BCUT2D eigenvalue weighted by Crippen LogP contribution is 1.92. The first-order valence-corrected chi connectivity index (χ1v) is 2.63. The normalized spacial score (nSPS) is 10.1. The van der Waals surface area contributed by atoms with Gasteiger partial charge < -0.3 is 5.11 Å². The third kappa shape index (κ3) is 3.53. The summed E-state index contributed by atoms with van der Waals surface area (Å²) in [6, 6.07) is 0. The van der Waals surface area contributed by atoms with Gasteiger partial charge in [-0.15, -0.1) is 5.73 Å². The summed E-state index contributed by atoms with van der Waals surface area (Å²) in [6.07, 6.45) is 4.93. The van der Waals surface area contributed by atoms with Gasteiger partial charge in [0.1, 0.15) is 0 Å². The first-order valence-electron chi connectivity index (χ1n) is 2.63. The summed E-state index contributed by atoms with van der Waals surface area (Å²) in [7, 11) is 0. The summed E-state index contributed by atoms with van der Waals surface area (Å²) < 4.78 is 0. The Morgan fingerprint density at radius 1 is 1.67 bits per heavy atom. The Labute approximate surface area is 55.3 Å². The van der Waals surface area contributed by atoms with Crippen LogP contribution in [0.4, 0.5) is 0 Å². The molecule has 1 N–H and O–H groups in total. The summed E-state index contributed by atoms with van der Waals surface area (Å²) in [5.41, 5.74) is 3.33. The van der Waals surface area contributed by atoms with Crippen molar-refractivity contribution >= 4 is 0 Å². The smallest absolute Gasteiger partial charge is 0.0681 e. The lowest BCUT2D eigenvalue weighted by Gasteiger charge is -1.88. The van der Waals surface area contributed by atoms with Gasteiger partial charge in [-0.05, 0) is 17.7 Å². The van der Waals surface area contributed by atoms with Crippen LogP contribution in [0.3, 0.4) is 0 Å². The fraction of sp³-hybridized carbons (Fsp3) is 0.125. The van der Waals surface area contributed by atoms with Gasteiger partial charge in [0.25, 0.3) is 0 Å². The van der Waals surface area contributed by atoms with Crippen LogP contribution in [-0.4, -0.2) is 11.7 Å². The maximum atomic E-state index is 8.54. The Kier molecular flexibility index (Phi) is 4.51. The van der Waals surface area contributed by atoms with Crippen LogP contribution >= 0.6 is 0 Å². The molecule has 0 fully saturated rings. The molecule has 0 aromatic carbocycles. The molecule has 0 saturated carbocycles. The number of hydrogen-bond acceptors (Lipinski definition) is 1. The van der Waals surface area contributed by atoms with Crippen molar-refractivity contribution in [1.29, 1.82) is 0 Å². The van der Waals surface area contributed by atoms with Crippen molar-refractivity contribution in [2.24, 2.45) is 0 Å². The molecule has 0 aromatic heterocycles. The summed E-state index contributed by atoms with van der Waals surface area (Å²) in [5, 5.41) is 8.54. The van der Waals surface area contributed by atoms with Gasteiger partial charge in [-0.3, -0.25) is 0 Å². The fourth-order valence-electron chi connectivity index (χ4n) is 0.351. The topological polar surface area (TPSA) is 20.2 Å². The number of allylic oxidation sites excluding steroid dienone is 2. The molecule has 0 atom stereocenters. The number of aliphatic hydroxyl groups excluding tert-OH is 1. The first kappa shape index (κ1) is 7.96. The van der Waals surface area contributed by atoms with Crippen molar-refractivity contribution in [2.75, 3.05) is 6.61 Å². The summed E-state index contributed by atoms with van der Waals surface area (Å²) in [4.78, 5) is 0. The molecule has 0 radical (unpaired) electrons. The molecule has 0 aliphatic rings. The largest absolute Gasteiger partial charge is 0.392 e. The van der Waals surface area contributed by atoms with Gasteiger partial charge in [-0.2, -0.15) is 0 Å². The lowest BCUT2D eigenvalue weighted by Crippen LogP contribution is -1.82. The van der Waals surface area contributed by atoms with Crippen molar-refractivity contribution in [2.45, 2.75) is 0 Å². The van der Waals surface area contributed by atoms with Gasteiger partial charge in [0.15, 0.2) is 0 Å². The zero-order valence-electron chi connectivity index (χ0n) is 5.30. The average Bonchev–Trinajstić information content (AvgIpc) is 1.91. The maximum absolute atomic E-state index is 8.54.